The van der Waals surface area contributed by atoms with E-state index in [1.807, 2.05) is 0 Å². The molecule has 0 aliphatic carbocycles. The average Bonchev–Trinajstić information content (AvgIpc) is 2.67. The van der Waals surface area contributed by atoms with E-state index in [4.69, 9.17) is 4.74 Å². The smallest absolute Gasteiger partial charge is 0.306 e. The van der Waals surface area contributed by atoms with Crippen LogP contribution in [0.3, 0.4) is 0 Å². The maximum Gasteiger partial charge on any atom is 0.306 e. The molecule has 0 bridgehead atoms. The van der Waals surface area contributed by atoms with Crippen molar-refractivity contribution in [2.45, 2.75) is 24.7 Å². The number of benzene rings is 2. The highest BCUT2D eigenvalue weighted by Crippen LogP contribution is 2.19. The number of aryl methyl sites for hydroxylation is 2. The van der Waals surface area contributed by atoms with Crippen molar-refractivity contribution in [1.82, 2.24) is 4.72 Å². The molecule has 28 heavy (non-hydrogen) atoms. The zero-order chi connectivity index (χ0) is 20.7. The number of nitrogens with one attached hydrogen (secondary N) is 2. The summed E-state index contributed by atoms with van der Waals surface area (Å²) in [6, 6.07) is 10.2. The van der Waals surface area contributed by atoms with Gasteiger partial charge in [-0.15, -0.1) is 0 Å². The van der Waals surface area contributed by atoms with Crippen LogP contribution in [0.25, 0.3) is 0 Å². The number of sulfonamides is 1. The van der Waals surface area contributed by atoms with E-state index >= 15 is 0 Å². The number of esters is 1. The van der Waals surface area contributed by atoms with Gasteiger partial charge in [0.2, 0.25) is 10.0 Å². The molecular formula is C19H21FN2O5S. The second-order valence-corrected chi connectivity index (χ2v) is 7.88. The number of anilines is 1. The van der Waals surface area contributed by atoms with Gasteiger partial charge in [-0.25, -0.2) is 17.5 Å². The van der Waals surface area contributed by atoms with Gasteiger partial charge < -0.3 is 10.1 Å². The van der Waals surface area contributed by atoms with Crippen LogP contribution in [0.1, 0.15) is 17.5 Å². The van der Waals surface area contributed by atoms with Crippen molar-refractivity contribution in [3.8, 4) is 0 Å². The third-order valence-electron chi connectivity index (χ3n) is 3.93. The lowest BCUT2D eigenvalue weighted by atomic mass is 10.1. The van der Waals surface area contributed by atoms with Crippen LogP contribution in [0.2, 0.25) is 0 Å². The highest BCUT2D eigenvalue weighted by molar-refractivity contribution is 7.89. The Hall–Kier alpha value is -2.78. The van der Waals surface area contributed by atoms with Crippen molar-refractivity contribution in [2.75, 3.05) is 19.0 Å². The first-order chi connectivity index (χ1) is 13.2. The van der Waals surface area contributed by atoms with Gasteiger partial charge in [0.15, 0.2) is 6.61 Å². The van der Waals surface area contributed by atoms with Gasteiger partial charge in [0.05, 0.1) is 4.90 Å². The first-order valence-electron chi connectivity index (χ1n) is 8.45. The zero-order valence-corrected chi connectivity index (χ0v) is 16.3. The molecule has 0 aliphatic rings. The molecule has 0 unspecified atom stereocenters. The number of carbonyl (C=O) groups excluding carboxylic acids is 2. The fourth-order valence-corrected chi connectivity index (χ4v) is 3.38. The molecule has 0 saturated carbocycles. The van der Waals surface area contributed by atoms with E-state index < -0.39 is 28.5 Å². The Morgan fingerprint density at radius 3 is 2.43 bits per heavy atom. The summed E-state index contributed by atoms with van der Waals surface area (Å²) in [6.45, 7) is 1.14. The molecule has 1 amide bonds. The Morgan fingerprint density at radius 2 is 1.79 bits per heavy atom. The highest BCUT2D eigenvalue weighted by atomic mass is 32.2. The van der Waals surface area contributed by atoms with E-state index in [-0.39, 0.29) is 22.8 Å². The summed E-state index contributed by atoms with van der Waals surface area (Å²) in [5.74, 6) is -1.52. The van der Waals surface area contributed by atoms with Crippen molar-refractivity contribution < 1.29 is 27.1 Å². The molecule has 0 fully saturated rings. The Kier molecular flexibility index (Phi) is 7.24. The van der Waals surface area contributed by atoms with Crippen molar-refractivity contribution in [3.63, 3.8) is 0 Å². The number of ether oxygens (including phenoxy) is 1. The molecule has 9 heteroatoms. The van der Waals surface area contributed by atoms with Crippen LogP contribution >= 0.6 is 0 Å². The molecule has 0 heterocycles. The molecule has 2 aromatic rings. The van der Waals surface area contributed by atoms with E-state index in [2.05, 4.69) is 10.0 Å². The summed E-state index contributed by atoms with van der Waals surface area (Å²) in [4.78, 5) is 23.7. The first kappa shape index (κ1) is 21.5. The van der Waals surface area contributed by atoms with Crippen LogP contribution < -0.4 is 10.0 Å². The monoisotopic (exact) mass is 408 g/mol. The average molecular weight is 408 g/mol. The molecule has 150 valence electrons. The number of hydrogen-bond donors (Lipinski definition) is 2. The second kappa shape index (κ2) is 9.43. The van der Waals surface area contributed by atoms with Crippen LogP contribution in [-0.2, 0) is 30.8 Å². The number of amides is 1. The summed E-state index contributed by atoms with van der Waals surface area (Å²) in [5.41, 5.74) is 1.58. The quantitative estimate of drug-likeness (QED) is 0.652. The van der Waals surface area contributed by atoms with E-state index in [0.717, 1.165) is 5.56 Å². The lowest BCUT2D eigenvalue weighted by Gasteiger charge is -2.10. The third-order valence-corrected chi connectivity index (χ3v) is 5.48. The van der Waals surface area contributed by atoms with Gasteiger partial charge in [0.1, 0.15) is 5.82 Å². The number of hydrogen-bond acceptors (Lipinski definition) is 5. The number of carbonyl (C=O) groups is 2. The fourth-order valence-electron chi connectivity index (χ4n) is 2.39. The SMILES string of the molecule is CNS(=O)(=O)c1cc(NC(=O)COC(=O)CCc2ccc(F)cc2)ccc1C. The summed E-state index contributed by atoms with van der Waals surface area (Å²) in [6.07, 6.45) is 0.415. The lowest BCUT2D eigenvalue weighted by Crippen LogP contribution is -2.22. The largest absolute Gasteiger partial charge is 0.456 e. The van der Waals surface area contributed by atoms with E-state index in [1.54, 1.807) is 31.2 Å². The van der Waals surface area contributed by atoms with Gasteiger partial charge in [-0.05, 0) is 55.8 Å². The number of rotatable bonds is 8. The third kappa shape index (κ3) is 6.14. The summed E-state index contributed by atoms with van der Waals surface area (Å²) >= 11 is 0. The molecule has 7 nitrogen and oxygen atoms in total. The zero-order valence-electron chi connectivity index (χ0n) is 15.5. The molecule has 0 radical (unpaired) electrons. The topological polar surface area (TPSA) is 102 Å². The van der Waals surface area contributed by atoms with Gasteiger partial charge >= 0.3 is 5.97 Å². The van der Waals surface area contributed by atoms with Gasteiger partial charge in [-0.1, -0.05) is 18.2 Å². The standard InChI is InChI=1S/C19H21FN2O5S/c1-13-3-9-16(11-17(13)28(25,26)21-2)22-18(23)12-27-19(24)10-6-14-4-7-15(20)8-5-14/h3-5,7-9,11,21H,6,10,12H2,1-2H3,(H,22,23). The molecule has 0 aromatic heterocycles. The maximum absolute atomic E-state index is 12.8. The van der Waals surface area contributed by atoms with E-state index in [1.165, 1.54) is 25.2 Å². The molecule has 0 atom stereocenters. The molecular weight excluding hydrogens is 387 g/mol. The van der Waals surface area contributed by atoms with Crippen LogP contribution in [0, 0.1) is 12.7 Å². The molecule has 2 N–H and O–H groups in total. The number of halogens is 1. The molecule has 0 spiro atoms. The minimum atomic E-state index is -3.66. The molecule has 2 rings (SSSR count). The van der Waals surface area contributed by atoms with Crippen molar-refractivity contribution in [2.24, 2.45) is 0 Å². The van der Waals surface area contributed by atoms with Gasteiger partial charge in [-0.2, -0.15) is 0 Å². The Bertz CT molecular complexity index is 959. The van der Waals surface area contributed by atoms with Crippen LogP contribution in [-0.4, -0.2) is 33.9 Å². The van der Waals surface area contributed by atoms with Crippen molar-refractivity contribution >= 4 is 27.6 Å². The lowest BCUT2D eigenvalue weighted by molar-refractivity contribution is -0.147. The predicted molar refractivity (Wildman–Crippen MR) is 102 cm³/mol. The molecule has 2 aromatic carbocycles. The maximum atomic E-state index is 12.8. The fraction of sp³-hybridized carbons (Fsp3) is 0.263. The normalized spacial score (nSPS) is 11.1. The predicted octanol–water partition coefficient (Wildman–Crippen LogP) is 2.16. The first-order valence-corrected chi connectivity index (χ1v) is 9.93. The minimum Gasteiger partial charge on any atom is -0.456 e. The van der Waals surface area contributed by atoms with Crippen molar-refractivity contribution in [1.29, 1.82) is 0 Å². The second-order valence-electron chi connectivity index (χ2n) is 6.02. The summed E-state index contributed by atoms with van der Waals surface area (Å²) in [5, 5.41) is 2.49. The van der Waals surface area contributed by atoms with E-state index in [0.29, 0.717) is 12.0 Å². The van der Waals surface area contributed by atoms with Crippen LogP contribution in [0.4, 0.5) is 10.1 Å². The Balaban J connectivity index is 1.86. The van der Waals surface area contributed by atoms with Crippen LogP contribution in [0.15, 0.2) is 47.4 Å². The Labute approximate surface area is 163 Å². The van der Waals surface area contributed by atoms with Crippen LogP contribution in [0.5, 0.6) is 0 Å². The van der Waals surface area contributed by atoms with Gasteiger partial charge in [0.25, 0.3) is 5.91 Å². The summed E-state index contributed by atoms with van der Waals surface area (Å²) < 4.78 is 43.9. The minimum absolute atomic E-state index is 0.0455. The molecule has 0 aliphatic heterocycles. The molecule has 0 saturated heterocycles. The van der Waals surface area contributed by atoms with Gasteiger partial charge in [-0.3, -0.25) is 9.59 Å². The van der Waals surface area contributed by atoms with Crippen molar-refractivity contribution in [3.05, 3.63) is 59.4 Å². The van der Waals surface area contributed by atoms with E-state index in [9.17, 15) is 22.4 Å². The van der Waals surface area contributed by atoms with Gasteiger partial charge in [0, 0.05) is 12.1 Å². The summed E-state index contributed by atoms with van der Waals surface area (Å²) in [7, 11) is -2.36. The highest BCUT2D eigenvalue weighted by Gasteiger charge is 2.16. The Morgan fingerprint density at radius 1 is 1.11 bits per heavy atom.